The van der Waals surface area contributed by atoms with Gasteiger partial charge < -0.3 is 9.64 Å². The number of nitriles is 1. The number of hydrogen-bond donors (Lipinski definition) is 0. The first-order chi connectivity index (χ1) is 9.58. The second-order valence-electron chi connectivity index (χ2n) is 5.67. The SMILES string of the molecule is C[C@@H]1C[C@@H](C)CN(C(=O)COc2cccc(C#N)c2)C1. The molecule has 106 valence electrons. The summed E-state index contributed by atoms with van der Waals surface area (Å²) in [5, 5.41) is 8.82. The van der Waals surface area contributed by atoms with Crippen molar-refractivity contribution in [1.29, 1.82) is 5.26 Å². The molecule has 0 radical (unpaired) electrons. The third-order valence-corrected chi connectivity index (χ3v) is 3.55. The van der Waals surface area contributed by atoms with Gasteiger partial charge >= 0.3 is 0 Å². The van der Waals surface area contributed by atoms with E-state index in [4.69, 9.17) is 10.00 Å². The fraction of sp³-hybridized carbons (Fsp3) is 0.500. The number of likely N-dealkylation sites (tertiary alicyclic amines) is 1. The normalized spacial score (nSPS) is 22.1. The van der Waals surface area contributed by atoms with Crippen molar-refractivity contribution < 1.29 is 9.53 Å². The van der Waals surface area contributed by atoms with Crippen molar-refractivity contribution in [2.24, 2.45) is 11.8 Å². The summed E-state index contributed by atoms with van der Waals surface area (Å²) in [5.74, 6) is 1.68. The maximum atomic E-state index is 12.2. The minimum atomic E-state index is 0.0192. The van der Waals surface area contributed by atoms with Crippen LogP contribution in [0.15, 0.2) is 24.3 Å². The number of carbonyl (C=O) groups excluding carboxylic acids is 1. The molecule has 0 spiro atoms. The molecule has 1 amide bonds. The van der Waals surface area contributed by atoms with Gasteiger partial charge in [-0.2, -0.15) is 5.26 Å². The van der Waals surface area contributed by atoms with Gasteiger partial charge in [-0.3, -0.25) is 4.79 Å². The van der Waals surface area contributed by atoms with E-state index in [0.717, 1.165) is 13.1 Å². The van der Waals surface area contributed by atoms with Crippen LogP contribution in [-0.2, 0) is 4.79 Å². The topological polar surface area (TPSA) is 53.3 Å². The van der Waals surface area contributed by atoms with Gasteiger partial charge in [0.05, 0.1) is 11.6 Å². The molecule has 0 unspecified atom stereocenters. The molecule has 1 aromatic rings. The summed E-state index contributed by atoms with van der Waals surface area (Å²) in [6.07, 6.45) is 1.18. The van der Waals surface area contributed by atoms with Crippen LogP contribution in [-0.4, -0.2) is 30.5 Å². The van der Waals surface area contributed by atoms with Crippen molar-refractivity contribution in [3.8, 4) is 11.8 Å². The second-order valence-corrected chi connectivity index (χ2v) is 5.67. The smallest absolute Gasteiger partial charge is 0.260 e. The molecule has 0 aromatic heterocycles. The van der Waals surface area contributed by atoms with Crippen LogP contribution in [0, 0.1) is 23.2 Å². The van der Waals surface area contributed by atoms with Crippen molar-refractivity contribution in [2.75, 3.05) is 19.7 Å². The zero-order valence-electron chi connectivity index (χ0n) is 12.0. The van der Waals surface area contributed by atoms with Crippen LogP contribution in [0.2, 0.25) is 0 Å². The van der Waals surface area contributed by atoms with Crippen molar-refractivity contribution in [3.05, 3.63) is 29.8 Å². The van der Waals surface area contributed by atoms with E-state index in [1.165, 1.54) is 6.42 Å². The minimum Gasteiger partial charge on any atom is -0.484 e. The lowest BCUT2D eigenvalue weighted by Gasteiger charge is -2.34. The summed E-state index contributed by atoms with van der Waals surface area (Å²) in [4.78, 5) is 14.0. The van der Waals surface area contributed by atoms with Gasteiger partial charge in [-0.1, -0.05) is 19.9 Å². The zero-order valence-corrected chi connectivity index (χ0v) is 12.0. The van der Waals surface area contributed by atoms with Crippen LogP contribution >= 0.6 is 0 Å². The van der Waals surface area contributed by atoms with E-state index in [2.05, 4.69) is 19.9 Å². The fourth-order valence-corrected chi connectivity index (χ4v) is 2.76. The maximum absolute atomic E-state index is 12.2. The fourth-order valence-electron chi connectivity index (χ4n) is 2.76. The number of amides is 1. The lowest BCUT2D eigenvalue weighted by Crippen LogP contribution is -2.44. The zero-order chi connectivity index (χ0) is 14.5. The molecule has 2 rings (SSSR count). The van der Waals surface area contributed by atoms with Gasteiger partial charge in [-0.25, -0.2) is 0 Å². The minimum absolute atomic E-state index is 0.0192. The van der Waals surface area contributed by atoms with E-state index < -0.39 is 0 Å². The summed E-state index contributed by atoms with van der Waals surface area (Å²) in [6.45, 7) is 6.00. The first-order valence-corrected chi connectivity index (χ1v) is 6.99. The molecule has 1 saturated heterocycles. The maximum Gasteiger partial charge on any atom is 0.260 e. The van der Waals surface area contributed by atoms with E-state index in [1.807, 2.05) is 4.90 Å². The number of piperidine rings is 1. The molecular weight excluding hydrogens is 252 g/mol. The van der Waals surface area contributed by atoms with Gasteiger partial charge in [0.1, 0.15) is 5.75 Å². The largest absolute Gasteiger partial charge is 0.484 e. The molecule has 4 nitrogen and oxygen atoms in total. The monoisotopic (exact) mass is 272 g/mol. The summed E-state index contributed by atoms with van der Waals surface area (Å²) in [5.41, 5.74) is 0.537. The molecule has 0 saturated carbocycles. The first kappa shape index (κ1) is 14.4. The predicted octanol–water partition coefficient (Wildman–Crippen LogP) is 2.44. The Morgan fingerprint density at radius 2 is 2.10 bits per heavy atom. The molecule has 0 aliphatic carbocycles. The number of carbonyl (C=O) groups is 1. The lowest BCUT2D eigenvalue weighted by molar-refractivity contribution is -0.136. The van der Waals surface area contributed by atoms with Crippen LogP contribution in [0.25, 0.3) is 0 Å². The van der Waals surface area contributed by atoms with E-state index in [9.17, 15) is 4.79 Å². The summed E-state index contributed by atoms with van der Waals surface area (Å²) in [6, 6.07) is 8.93. The Morgan fingerprint density at radius 3 is 2.75 bits per heavy atom. The second kappa shape index (κ2) is 6.42. The number of rotatable bonds is 3. The molecule has 0 N–H and O–H groups in total. The van der Waals surface area contributed by atoms with Crippen molar-refractivity contribution in [1.82, 2.24) is 4.90 Å². The highest BCUT2D eigenvalue weighted by molar-refractivity contribution is 5.77. The quantitative estimate of drug-likeness (QED) is 0.849. The van der Waals surface area contributed by atoms with Crippen molar-refractivity contribution in [3.63, 3.8) is 0 Å². The van der Waals surface area contributed by atoms with Crippen LogP contribution in [0.4, 0.5) is 0 Å². The van der Waals surface area contributed by atoms with Crippen LogP contribution in [0.3, 0.4) is 0 Å². The predicted molar refractivity (Wildman–Crippen MR) is 76.2 cm³/mol. The Morgan fingerprint density at radius 1 is 1.40 bits per heavy atom. The van der Waals surface area contributed by atoms with Gasteiger partial charge in [0, 0.05) is 13.1 Å². The van der Waals surface area contributed by atoms with Gasteiger partial charge in [0.2, 0.25) is 0 Å². The molecule has 1 aliphatic rings. The summed E-state index contributed by atoms with van der Waals surface area (Å²) >= 11 is 0. The highest BCUT2D eigenvalue weighted by Gasteiger charge is 2.25. The molecule has 0 bridgehead atoms. The standard InChI is InChI=1S/C16H20N2O2/c1-12-6-13(2)10-18(9-12)16(19)11-20-15-5-3-4-14(7-15)8-17/h3-5,7,12-13H,6,9-11H2,1-2H3/t12-,13-/m1/s1. The Hall–Kier alpha value is -2.02. The Kier molecular flexibility index (Phi) is 4.62. The number of benzene rings is 1. The third-order valence-electron chi connectivity index (χ3n) is 3.55. The Bertz CT molecular complexity index is 511. The summed E-state index contributed by atoms with van der Waals surface area (Å²) in [7, 11) is 0. The Labute approximate surface area is 120 Å². The van der Waals surface area contributed by atoms with E-state index in [1.54, 1.807) is 24.3 Å². The van der Waals surface area contributed by atoms with Crippen LogP contribution in [0.5, 0.6) is 5.75 Å². The molecule has 1 aliphatic heterocycles. The number of nitrogens with zero attached hydrogens (tertiary/aromatic N) is 2. The summed E-state index contributed by atoms with van der Waals surface area (Å²) < 4.78 is 5.49. The molecule has 1 aromatic carbocycles. The van der Waals surface area contributed by atoms with E-state index >= 15 is 0 Å². The highest BCUT2D eigenvalue weighted by atomic mass is 16.5. The average molecular weight is 272 g/mol. The number of ether oxygens (including phenoxy) is 1. The van der Waals surface area contributed by atoms with Gasteiger partial charge in [-0.15, -0.1) is 0 Å². The van der Waals surface area contributed by atoms with Gasteiger partial charge in [0.25, 0.3) is 5.91 Å². The van der Waals surface area contributed by atoms with E-state index in [-0.39, 0.29) is 12.5 Å². The lowest BCUT2D eigenvalue weighted by atomic mass is 9.92. The third kappa shape index (κ3) is 3.74. The van der Waals surface area contributed by atoms with Crippen LogP contribution in [0.1, 0.15) is 25.8 Å². The molecule has 1 heterocycles. The van der Waals surface area contributed by atoms with E-state index in [0.29, 0.717) is 23.1 Å². The first-order valence-electron chi connectivity index (χ1n) is 6.99. The molecular formula is C16H20N2O2. The molecule has 2 atom stereocenters. The van der Waals surface area contributed by atoms with Crippen molar-refractivity contribution in [2.45, 2.75) is 20.3 Å². The van der Waals surface area contributed by atoms with Crippen LogP contribution < -0.4 is 4.74 Å². The number of hydrogen-bond acceptors (Lipinski definition) is 3. The Balaban J connectivity index is 1.90. The molecule has 20 heavy (non-hydrogen) atoms. The van der Waals surface area contributed by atoms with Gasteiger partial charge in [-0.05, 0) is 36.5 Å². The highest BCUT2D eigenvalue weighted by Crippen LogP contribution is 2.21. The van der Waals surface area contributed by atoms with Crippen molar-refractivity contribution >= 4 is 5.91 Å². The van der Waals surface area contributed by atoms with Gasteiger partial charge in [0.15, 0.2) is 6.61 Å². The molecule has 1 fully saturated rings. The average Bonchev–Trinajstić information content (AvgIpc) is 2.44. The molecule has 4 heteroatoms.